The summed E-state index contributed by atoms with van der Waals surface area (Å²) in [5.74, 6) is 0.0570. The van der Waals surface area contributed by atoms with E-state index in [0.29, 0.717) is 32.6 Å². The molecule has 2 aromatic carbocycles. The number of aromatic nitrogens is 1. The molecule has 3 amide bonds. The van der Waals surface area contributed by atoms with Gasteiger partial charge in [-0.25, -0.2) is 4.98 Å². The van der Waals surface area contributed by atoms with Crippen LogP contribution >= 0.6 is 11.3 Å². The van der Waals surface area contributed by atoms with Gasteiger partial charge in [0, 0.05) is 11.1 Å². The average Bonchev–Trinajstić information content (AvgIpc) is 3.31. The Morgan fingerprint density at radius 1 is 1.07 bits per heavy atom. The molecular weight excluding hydrogens is 406 g/mol. The third-order valence-electron chi connectivity index (χ3n) is 4.78. The summed E-state index contributed by atoms with van der Waals surface area (Å²) in [4.78, 5) is 43.5. The normalized spacial score (nSPS) is 17.1. The van der Waals surface area contributed by atoms with Crippen molar-refractivity contribution in [1.82, 2.24) is 9.88 Å². The molecule has 0 saturated heterocycles. The van der Waals surface area contributed by atoms with Gasteiger partial charge in [0.05, 0.1) is 17.7 Å². The highest BCUT2D eigenvalue weighted by atomic mass is 32.1. The fourth-order valence-corrected chi connectivity index (χ4v) is 4.12. The van der Waals surface area contributed by atoms with Gasteiger partial charge in [-0.05, 0) is 24.3 Å². The fourth-order valence-electron chi connectivity index (χ4n) is 3.31. The first-order chi connectivity index (χ1) is 14.6. The number of amides is 3. The van der Waals surface area contributed by atoms with E-state index in [0.717, 1.165) is 0 Å². The van der Waals surface area contributed by atoms with Crippen molar-refractivity contribution in [3.05, 3.63) is 70.7 Å². The monoisotopic (exact) mass is 421 g/mol. The third-order valence-corrected chi connectivity index (χ3v) is 5.67. The van der Waals surface area contributed by atoms with Crippen LogP contribution in [0.2, 0.25) is 0 Å². The standard InChI is InChI=1S/C21H15N3O5S/c25-18(17-11-28-15-7-3-4-8-16(15)29-17)23-21-22-9-12(30-21)10-24-19(26)13-5-1-2-6-14(13)20(24)27/h1-9,17H,10-11H2,(H,22,23,25). The number of benzene rings is 2. The summed E-state index contributed by atoms with van der Waals surface area (Å²) >= 11 is 1.19. The van der Waals surface area contributed by atoms with Crippen LogP contribution in [0.1, 0.15) is 25.6 Å². The summed E-state index contributed by atoms with van der Waals surface area (Å²) in [6.07, 6.45) is 0.737. The van der Waals surface area contributed by atoms with Crippen molar-refractivity contribution in [3.8, 4) is 11.5 Å². The highest BCUT2D eigenvalue weighted by Gasteiger charge is 2.35. The zero-order chi connectivity index (χ0) is 20.7. The number of nitrogens with one attached hydrogen (secondary N) is 1. The number of nitrogens with zero attached hydrogens (tertiary/aromatic N) is 2. The topological polar surface area (TPSA) is 97.8 Å². The Balaban J connectivity index is 1.24. The minimum absolute atomic E-state index is 0.0934. The van der Waals surface area contributed by atoms with Crippen LogP contribution in [-0.4, -0.2) is 40.3 Å². The van der Waals surface area contributed by atoms with E-state index in [4.69, 9.17) is 9.47 Å². The van der Waals surface area contributed by atoms with Crippen molar-refractivity contribution in [2.24, 2.45) is 0 Å². The minimum atomic E-state index is -0.802. The van der Waals surface area contributed by atoms with Crippen LogP contribution in [0.15, 0.2) is 54.7 Å². The molecule has 5 rings (SSSR count). The number of anilines is 1. The molecule has 9 heteroatoms. The van der Waals surface area contributed by atoms with E-state index in [9.17, 15) is 14.4 Å². The van der Waals surface area contributed by atoms with E-state index in [-0.39, 0.29) is 30.9 Å². The Labute approximate surface area is 175 Å². The maximum atomic E-state index is 12.5. The Morgan fingerprint density at radius 3 is 2.47 bits per heavy atom. The van der Waals surface area contributed by atoms with Crippen LogP contribution in [-0.2, 0) is 11.3 Å². The van der Waals surface area contributed by atoms with E-state index < -0.39 is 6.10 Å². The molecule has 0 fully saturated rings. The molecule has 3 heterocycles. The van der Waals surface area contributed by atoms with E-state index in [1.165, 1.54) is 22.4 Å². The Hall–Kier alpha value is -3.72. The number of rotatable bonds is 4. The molecule has 150 valence electrons. The van der Waals surface area contributed by atoms with Gasteiger partial charge in [0.2, 0.25) is 6.10 Å². The number of fused-ring (bicyclic) bond motifs is 2. The van der Waals surface area contributed by atoms with Crippen LogP contribution in [0.4, 0.5) is 5.13 Å². The van der Waals surface area contributed by atoms with Crippen LogP contribution < -0.4 is 14.8 Å². The lowest BCUT2D eigenvalue weighted by atomic mass is 10.1. The molecule has 2 aliphatic rings. The summed E-state index contributed by atoms with van der Waals surface area (Å²) in [5.41, 5.74) is 0.797. The van der Waals surface area contributed by atoms with Gasteiger partial charge >= 0.3 is 0 Å². The third kappa shape index (κ3) is 3.18. The SMILES string of the molecule is O=C(Nc1ncc(CN2C(=O)c3ccccc3C2=O)s1)C1COc2ccccc2O1. The van der Waals surface area contributed by atoms with Crippen LogP contribution in [0, 0.1) is 0 Å². The fraction of sp³-hybridized carbons (Fsp3) is 0.143. The van der Waals surface area contributed by atoms with E-state index >= 15 is 0 Å². The average molecular weight is 421 g/mol. The zero-order valence-corrected chi connectivity index (χ0v) is 16.3. The summed E-state index contributed by atoms with van der Waals surface area (Å²) in [7, 11) is 0. The molecule has 1 N–H and O–H groups in total. The predicted octanol–water partition coefficient (Wildman–Crippen LogP) is 2.72. The summed E-state index contributed by atoms with van der Waals surface area (Å²) in [6, 6.07) is 13.9. The second kappa shape index (κ2) is 7.27. The van der Waals surface area contributed by atoms with Gasteiger partial charge in [-0.3, -0.25) is 24.6 Å². The van der Waals surface area contributed by atoms with E-state index in [1.807, 2.05) is 6.07 Å². The van der Waals surface area contributed by atoms with E-state index in [1.54, 1.807) is 42.5 Å². The predicted molar refractivity (Wildman–Crippen MR) is 108 cm³/mol. The van der Waals surface area contributed by atoms with Crippen molar-refractivity contribution in [2.75, 3.05) is 11.9 Å². The molecule has 0 saturated carbocycles. The molecule has 30 heavy (non-hydrogen) atoms. The smallest absolute Gasteiger partial charge is 0.270 e. The van der Waals surface area contributed by atoms with Crippen molar-refractivity contribution in [2.45, 2.75) is 12.6 Å². The maximum Gasteiger partial charge on any atom is 0.270 e. The number of thiazole rings is 1. The Bertz CT molecular complexity index is 1140. The van der Waals surface area contributed by atoms with Crippen LogP contribution in [0.5, 0.6) is 11.5 Å². The van der Waals surface area contributed by atoms with Crippen LogP contribution in [0.3, 0.4) is 0 Å². The lowest BCUT2D eigenvalue weighted by Gasteiger charge is -2.25. The van der Waals surface area contributed by atoms with Gasteiger partial charge in [-0.1, -0.05) is 35.6 Å². The number of ether oxygens (including phenoxy) is 2. The first-order valence-corrected chi connectivity index (χ1v) is 10.0. The number of carbonyl (C=O) groups excluding carboxylic acids is 3. The number of hydrogen-bond donors (Lipinski definition) is 1. The molecule has 1 aromatic heterocycles. The molecule has 1 unspecified atom stereocenters. The molecular formula is C21H15N3O5S. The first-order valence-electron chi connectivity index (χ1n) is 9.19. The molecule has 0 aliphatic carbocycles. The van der Waals surface area contributed by atoms with Gasteiger partial charge < -0.3 is 9.47 Å². The number of imide groups is 1. The quantitative estimate of drug-likeness (QED) is 0.651. The largest absolute Gasteiger partial charge is 0.485 e. The highest BCUT2D eigenvalue weighted by molar-refractivity contribution is 7.15. The summed E-state index contributed by atoms with van der Waals surface area (Å²) in [6.45, 7) is 0.187. The van der Waals surface area contributed by atoms with Gasteiger partial charge in [-0.15, -0.1) is 0 Å². The van der Waals surface area contributed by atoms with Crippen molar-refractivity contribution < 1.29 is 23.9 Å². The van der Waals surface area contributed by atoms with Gasteiger partial charge in [0.25, 0.3) is 17.7 Å². The molecule has 2 aliphatic heterocycles. The van der Waals surface area contributed by atoms with Crippen molar-refractivity contribution in [3.63, 3.8) is 0 Å². The Kier molecular flexibility index (Phi) is 4.44. The lowest BCUT2D eigenvalue weighted by Crippen LogP contribution is -2.40. The van der Waals surface area contributed by atoms with E-state index in [2.05, 4.69) is 10.3 Å². The van der Waals surface area contributed by atoms with Crippen LogP contribution in [0.25, 0.3) is 0 Å². The second-order valence-corrected chi connectivity index (χ2v) is 7.84. The minimum Gasteiger partial charge on any atom is -0.485 e. The lowest BCUT2D eigenvalue weighted by molar-refractivity contribution is -0.125. The molecule has 0 spiro atoms. The number of carbonyl (C=O) groups is 3. The Morgan fingerprint density at radius 2 is 1.73 bits per heavy atom. The van der Waals surface area contributed by atoms with Gasteiger partial charge in [-0.2, -0.15) is 0 Å². The number of para-hydroxylation sites is 2. The molecule has 3 aromatic rings. The van der Waals surface area contributed by atoms with Gasteiger partial charge in [0.15, 0.2) is 16.6 Å². The number of hydrogen-bond acceptors (Lipinski definition) is 7. The maximum absolute atomic E-state index is 12.5. The highest BCUT2D eigenvalue weighted by Crippen LogP contribution is 2.31. The molecule has 8 nitrogen and oxygen atoms in total. The van der Waals surface area contributed by atoms with Gasteiger partial charge in [0.1, 0.15) is 6.61 Å². The summed E-state index contributed by atoms with van der Waals surface area (Å²) < 4.78 is 11.2. The van der Waals surface area contributed by atoms with Crippen molar-refractivity contribution in [1.29, 1.82) is 0 Å². The second-order valence-electron chi connectivity index (χ2n) is 6.73. The summed E-state index contributed by atoms with van der Waals surface area (Å²) in [5, 5.41) is 3.06. The first kappa shape index (κ1) is 18.3. The molecule has 0 radical (unpaired) electrons. The zero-order valence-electron chi connectivity index (χ0n) is 15.5. The van der Waals surface area contributed by atoms with Crippen molar-refractivity contribution >= 4 is 34.2 Å². The molecule has 1 atom stereocenters. The molecule has 0 bridgehead atoms.